The molecule has 0 atom stereocenters. The molecular formula is C13H18N4O. The van der Waals surface area contributed by atoms with Gasteiger partial charge >= 0.3 is 0 Å². The number of aromatic nitrogens is 3. The molecule has 0 spiro atoms. The van der Waals surface area contributed by atoms with Crippen LogP contribution in [0.4, 0.5) is 0 Å². The highest BCUT2D eigenvalue weighted by atomic mass is 16.3. The Balaban J connectivity index is 1.63. The SMILES string of the molecule is OC1CCC(NCc2cnc3cnccn23)CC1. The van der Waals surface area contributed by atoms with Gasteiger partial charge in [-0.2, -0.15) is 0 Å². The summed E-state index contributed by atoms with van der Waals surface area (Å²) in [5.41, 5.74) is 2.03. The zero-order valence-electron chi connectivity index (χ0n) is 10.3. The molecule has 0 unspecified atom stereocenters. The molecule has 0 bridgehead atoms. The normalized spacial score (nSPS) is 24.5. The van der Waals surface area contributed by atoms with Gasteiger partial charge in [-0.05, 0) is 25.7 Å². The van der Waals surface area contributed by atoms with Crippen LogP contribution >= 0.6 is 0 Å². The fourth-order valence-corrected chi connectivity index (χ4v) is 2.55. The Morgan fingerprint density at radius 1 is 1.28 bits per heavy atom. The number of aliphatic hydroxyl groups excluding tert-OH is 1. The van der Waals surface area contributed by atoms with E-state index in [4.69, 9.17) is 0 Å². The Labute approximate surface area is 106 Å². The van der Waals surface area contributed by atoms with Crippen molar-refractivity contribution in [3.8, 4) is 0 Å². The Kier molecular flexibility index (Phi) is 3.25. The molecule has 0 amide bonds. The minimum Gasteiger partial charge on any atom is -0.393 e. The first-order valence-corrected chi connectivity index (χ1v) is 6.50. The van der Waals surface area contributed by atoms with E-state index < -0.39 is 0 Å². The van der Waals surface area contributed by atoms with Crippen molar-refractivity contribution in [3.63, 3.8) is 0 Å². The molecule has 0 aliphatic heterocycles. The minimum atomic E-state index is -0.0927. The van der Waals surface area contributed by atoms with E-state index in [1.807, 2.05) is 12.4 Å². The van der Waals surface area contributed by atoms with Crippen molar-refractivity contribution in [3.05, 3.63) is 30.5 Å². The first kappa shape index (κ1) is 11.6. The number of nitrogens with zero attached hydrogens (tertiary/aromatic N) is 3. The van der Waals surface area contributed by atoms with E-state index in [1.165, 1.54) is 0 Å². The molecule has 1 aliphatic carbocycles. The zero-order chi connectivity index (χ0) is 12.4. The average Bonchev–Trinajstić information content (AvgIpc) is 2.82. The molecule has 1 aliphatic rings. The van der Waals surface area contributed by atoms with E-state index >= 15 is 0 Å². The molecule has 0 saturated heterocycles. The van der Waals surface area contributed by atoms with Crippen molar-refractivity contribution in [1.82, 2.24) is 19.7 Å². The maximum atomic E-state index is 9.47. The van der Waals surface area contributed by atoms with Gasteiger partial charge in [-0.25, -0.2) is 4.98 Å². The van der Waals surface area contributed by atoms with Crippen LogP contribution in [-0.2, 0) is 6.54 Å². The van der Waals surface area contributed by atoms with Gasteiger partial charge in [0.2, 0.25) is 0 Å². The van der Waals surface area contributed by atoms with Crippen LogP contribution in [0.2, 0.25) is 0 Å². The lowest BCUT2D eigenvalue weighted by molar-refractivity contribution is 0.116. The maximum absolute atomic E-state index is 9.47. The van der Waals surface area contributed by atoms with Crippen LogP contribution in [0.15, 0.2) is 24.8 Å². The van der Waals surface area contributed by atoms with E-state index in [2.05, 4.69) is 19.7 Å². The molecule has 2 N–H and O–H groups in total. The molecule has 0 radical (unpaired) electrons. The van der Waals surface area contributed by atoms with Crippen LogP contribution < -0.4 is 5.32 Å². The van der Waals surface area contributed by atoms with Gasteiger partial charge in [-0.15, -0.1) is 0 Å². The van der Waals surface area contributed by atoms with Gasteiger partial charge in [0, 0.05) is 25.0 Å². The largest absolute Gasteiger partial charge is 0.393 e. The van der Waals surface area contributed by atoms with Crippen LogP contribution in [0.25, 0.3) is 5.65 Å². The predicted octanol–water partition coefficient (Wildman–Crippen LogP) is 1.12. The number of imidazole rings is 1. The average molecular weight is 246 g/mol. The maximum Gasteiger partial charge on any atom is 0.155 e. The molecule has 0 aromatic carbocycles. The highest BCUT2D eigenvalue weighted by molar-refractivity contribution is 5.36. The molecule has 2 heterocycles. The molecule has 5 heteroatoms. The minimum absolute atomic E-state index is 0.0927. The Hall–Kier alpha value is -1.46. The van der Waals surface area contributed by atoms with Gasteiger partial charge < -0.3 is 10.4 Å². The van der Waals surface area contributed by atoms with Gasteiger partial charge in [0.1, 0.15) is 0 Å². The summed E-state index contributed by atoms with van der Waals surface area (Å²) in [7, 11) is 0. The number of aliphatic hydroxyl groups is 1. The second kappa shape index (κ2) is 5.04. The molecule has 3 rings (SSSR count). The smallest absolute Gasteiger partial charge is 0.155 e. The van der Waals surface area contributed by atoms with Gasteiger partial charge in [0.05, 0.1) is 24.2 Å². The van der Waals surface area contributed by atoms with E-state index in [0.29, 0.717) is 6.04 Å². The number of hydrogen-bond donors (Lipinski definition) is 2. The Bertz CT molecular complexity index is 516. The summed E-state index contributed by atoms with van der Waals surface area (Å²) < 4.78 is 2.05. The number of rotatable bonds is 3. The highest BCUT2D eigenvalue weighted by Gasteiger charge is 2.18. The monoisotopic (exact) mass is 246 g/mol. The van der Waals surface area contributed by atoms with Crippen molar-refractivity contribution in [2.45, 2.75) is 44.4 Å². The predicted molar refractivity (Wildman–Crippen MR) is 68.1 cm³/mol. The molecule has 1 fully saturated rings. The third-order valence-electron chi connectivity index (χ3n) is 3.66. The lowest BCUT2D eigenvalue weighted by Gasteiger charge is -2.26. The summed E-state index contributed by atoms with van der Waals surface area (Å²) in [5, 5.41) is 13.0. The van der Waals surface area contributed by atoms with E-state index in [0.717, 1.165) is 43.6 Å². The topological polar surface area (TPSA) is 62.5 Å². The van der Waals surface area contributed by atoms with E-state index in [-0.39, 0.29) is 6.10 Å². The van der Waals surface area contributed by atoms with Crippen molar-refractivity contribution >= 4 is 5.65 Å². The molecular weight excluding hydrogens is 228 g/mol. The van der Waals surface area contributed by atoms with Gasteiger partial charge in [0.25, 0.3) is 0 Å². The van der Waals surface area contributed by atoms with Crippen molar-refractivity contribution < 1.29 is 5.11 Å². The Morgan fingerprint density at radius 2 is 2.11 bits per heavy atom. The number of fused-ring (bicyclic) bond motifs is 1. The summed E-state index contributed by atoms with van der Waals surface area (Å²) in [4.78, 5) is 8.37. The number of nitrogens with one attached hydrogen (secondary N) is 1. The second-order valence-electron chi connectivity index (χ2n) is 4.94. The molecule has 2 aromatic rings. The summed E-state index contributed by atoms with van der Waals surface area (Å²) in [5.74, 6) is 0. The van der Waals surface area contributed by atoms with Crippen molar-refractivity contribution in [2.24, 2.45) is 0 Å². The van der Waals surface area contributed by atoms with E-state index in [1.54, 1.807) is 12.4 Å². The fraction of sp³-hybridized carbons (Fsp3) is 0.538. The highest BCUT2D eigenvalue weighted by Crippen LogP contribution is 2.18. The van der Waals surface area contributed by atoms with Crippen LogP contribution in [0.5, 0.6) is 0 Å². The van der Waals surface area contributed by atoms with Gasteiger partial charge in [-0.3, -0.25) is 9.38 Å². The van der Waals surface area contributed by atoms with Crippen LogP contribution in [0.3, 0.4) is 0 Å². The lowest BCUT2D eigenvalue weighted by Crippen LogP contribution is -2.34. The molecule has 2 aromatic heterocycles. The van der Waals surface area contributed by atoms with Crippen LogP contribution in [-0.4, -0.2) is 31.6 Å². The molecule has 96 valence electrons. The summed E-state index contributed by atoms with van der Waals surface area (Å²) in [6.07, 6.45) is 11.2. The zero-order valence-corrected chi connectivity index (χ0v) is 10.3. The van der Waals surface area contributed by atoms with E-state index in [9.17, 15) is 5.11 Å². The summed E-state index contributed by atoms with van der Waals surface area (Å²) >= 11 is 0. The quantitative estimate of drug-likeness (QED) is 0.852. The van der Waals surface area contributed by atoms with Gasteiger partial charge in [-0.1, -0.05) is 0 Å². The fourth-order valence-electron chi connectivity index (χ4n) is 2.55. The standard InChI is InChI=1S/C13H18N4O/c18-12-3-1-10(2-4-12)15-7-11-8-16-13-9-14-5-6-17(11)13/h5-6,8-10,12,15,18H,1-4,7H2. The lowest BCUT2D eigenvalue weighted by atomic mass is 9.93. The third kappa shape index (κ3) is 2.37. The first-order chi connectivity index (χ1) is 8.83. The first-order valence-electron chi connectivity index (χ1n) is 6.50. The summed E-state index contributed by atoms with van der Waals surface area (Å²) in [6.45, 7) is 0.811. The van der Waals surface area contributed by atoms with Crippen LogP contribution in [0, 0.1) is 0 Å². The number of hydrogen-bond acceptors (Lipinski definition) is 4. The molecule has 18 heavy (non-hydrogen) atoms. The molecule has 1 saturated carbocycles. The third-order valence-corrected chi connectivity index (χ3v) is 3.66. The second-order valence-corrected chi connectivity index (χ2v) is 4.94. The van der Waals surface area contributed by atoms with Crippen molar-refractivity contribution in [1.29, 1.82) is 0 Å². The van der Waals surface area contributed by atoms with Gasteiger partial charge in [0.15, 0.2) is 5.65 Å². The Morgan fingerprint density at radius 3 is 2.94 bits per heavy atom. The van der Waals surface area contributed by atoms with Crippen molar-refractivity contribution in [2.75, 3.05) is 0 Å². The van der Waals surface area contributed by atoms with Crippen LogP contribution in [0.1, 0.15) is 31.4 Å². The summed E-state index contributed by atoms with van der Waals surface area (Å²) in [6, 6.07) is 0.515. The molecule has 5 nitrogen and oxygen atoms in total.